The summed E-state index contributed by atoms with van der Waals surface area (Å²) in [5, 5.41) is 2.78. The Labute approximate surface area is 105 Å². The highest BCUT2D eigenvalue weighted by atomic mass is 16.5. The molecule has 96 valence electrons. The summed E-state index contributed by atoms with van der Waals surface area (Å²) < 4.78 is 4.84. The Balaban J connectivity index is 2.10. The van der Waals surface area contributed by atoms with Crippen LogP contribution in [0.2, 0.25) is 0 Å². The Morgan fingerprint density at radius 2 is 2.22 bits per heavy atom. The van der Waals surface area contributed by atoms with Gasteiger partial charge in [-0.25, -0.2) is 0 Å². The van der Waals surface area contributed by atoms with Crippen LogP contribution in [-0.2, 0) is 14.3 Å². The van der Waals surface area contributed by atoms with Gasteiger partial charge in [-0.05, 0) is 25.0 Å². The summed E-state index contributed by atoms with van der Waals surface area (Å²) in [4.78, 5) is 23.3. The Morgan fingerprint density at radius 3 is 2.94 bits per heavy atom. The van der Waals surface area contributed by atoms with Gasteiger partial charge in [0, 0.05) is 5.69 Å². The minimum absolute atomic E-state index is 0.115. The third kappa shape index (κ3) is 2.36. The number of carbonyl (C=O) groups excluding carboxylic acids is 2. The number of carbonyl (C=O) groups is 2. The van der Waals surface area contributed by atoms with Crippen LogP contribution in [0.25, 0.3) is 0 Å². The number of amides is 1. The molecular weight excluding hydrogens is 232 g/mol. The fourth-order valence-electron chi connectivity index (χ4n) is 2.11. The van der Waals surface area contributed by atoms with Crippen LogP contribution in [0, 0.1) is 0 Å². The molecule has 5 nitrogen and oxygen atoms in total. The monoisotopic (exact) mass is 248 g/mol. The number of esters is 1. The van der Waals surface area contributed by atoms with E-state index >= 15 is 0 Å². The topological polar surface area (TPSA) is 81.4 Å². The molecule has 5 heteroatoms. The number of ether oxygens (including phenoxy) is 1. The summed E-state index contributed by atoms with van der Waals surface area (Å²) in [6.07, 6.45) is 0.266. The first-order valence-electron chi connectivity index (χ1n) is 5.95. The molecule has 0 radical (unpaired) electrons. The molecular formula is C13H16N2O3. The van der Waals surface area contributed by atoms with E-state index in [1.54, 1.807) is 6.92 Å². The molecule has 0 bridgehead atoms. The zero-order valence-electron chi connectivity index (χ0n) is 10.2. The number of anilines is 1. The lowest BCUT2D eigenvalue weighted by Crippen LogP contribution is -2.35. The lowest BCUT2D eigenvalue weighted by atomic mass is 9.94. The van der Waals surface area contributed by atoms with Crippen LogP contribution < -0.4 is 11.1 Å². The maximum absolute atomic E-state index is 11.8. The predicted molar refractivity (Wildman–Crippen MR) is 67.0 cm³/mol. The quantitative estimate of drug-likeness (QED) is 0.779. The van der Waals surface area contributed by atoms with Gasteiger partial charge in [-0.15, -0.1) is 0 Å². The normalized spacial score (nSPS) is 19.0. The number of para-hydroxylation sites is 1. The molecule has 0 saturated heterocycles. The fraction of sp³-hybridized carbons (Fsp3) is 0.385. The average Bonchev–Trinajstić information content (AvgIpc) is 2.66. The molecule has 0 aliphatic carbocycles. The molecule has 18 heavy (non-hydrogen) atoms. The summed E-state index contributed by atoms with van der Waals surface area (Å²) in [7, 11) is 0. The highest BCUT2D eigenvalue weighted by molar-refractivity contribution is 6.03. The molecule has 2 atom stereocenters. The van der Waals surface area contributed by atoms with Crippen molar-refractivity contribution < 1.29 is 14.3 Å². The molecule has 1 amide bonds. The number of benzene rings is 1. The molecule has 0 spiro atoms. The summed E-state index contributed by atoms with van der Waals surface area (Å²) >= 11 is 0. The van der Waals surface area contributed by atoms with Crippen LogP contribution in [-0.4, -0.2) is 24.5 Å². The number of rotatable bonds is 4. The smallest absolute Gasteiger partial charge is 0.322 e. The fourth-order valence-corrected chi connectivity index (χ4v) is 2.11. The van der Waals surface area contributed by atoms with Gasteiger partial charge in [0.2, 0.25) is 5.91 Å². The Bertz CT molecular complexity index is 473. The second-order valence-corrected chi connectivity index (χ2v) is 4.22. The third-order valence-corrected chi connectivity index (χ3v) is 2.99. The average molecular weight is 248 g/mol. The van der Waals surface area contributed by atoms with E-state index in [2.05, 4.69) is 5.32 Å². The lowest BCUT2D eigenvalue weighted by molar-refractivity contribution is -0.144. The van der Waals surface area contributed by atoms with Crippen LogP contribution in [0.1, 0.15) is 24.8 Å². The highest BCUT2D eigenvalue weighted by Gasteiger charge is 2.33. The molecule has 1 aromatic rings. The Morgan fingerprint density at radius 1 is 1.50 bits per heavy atom. The van der Waals surface area contributed by atoms with Crippen LogP contribution in [0.3, 0.4) is 0 Å². The van der Waals surface area contributed by atoms with Crippen molar-refractivity contribution in [3.8, 4) is 0 Å². The summed E-state index contributed by atoms with van der Waals surface area (Å²) in [5.74, 6) is -0.953. The van der Waals surface area contributed by atoms with E-state index in [4.69, 9.17) is 10.5 Å². The van der Waals surface area contributed by atoms with Crippen molar-refractivity contribution in [3.05, 3.63) is 29.8 Å². The van der Waals surface area contributed by atoms with Crippen LogP contribution >= 0.6 is 0 Å². The molecule has 1 unspecified atom stereocenters. The summed E-state index contributed by atoms with van der Waals surface area (Å²) in [6, 6.07) is 6.65. The van der Waals surface area contributed by atoms with E-state index in [1.165, 1.54) is 0 Å². The van der Waals surface area contributed by atoms with E-state index in [-0.39, 0.29) is 18.2 Å². The Kier molecular flexibility index (Phi) is 3.62. The van der Waals surface area contributed by atoms with Crippen LogP contribution in [0.4, 0.5) is 5.69 Å². The molecule has 0 fully saturated rings. The first-order valence-corrected chi connectivity index (χ1v) is 5.95. The summed E-state index contributed by atoms with van der Waals surface area (Å²) in [6.45, 7) is 2.02. The zero-order chi connectivity index (χ0) is 13.1. The second kappa shape index (κ2) is 5.18. The van der Waals surface area contributed by atoms with Gasteiger partial charge in [0.15, 0.2) is 0 Å². The van der Waals surface area contributed by atoms with Gasteiger partial charge in [-0.3, -0.25) is 9.59 Å². The van der Waals surface area contributed by atoms with Crippen molar-refractivity contribution in [1.29, 1.82) is 0 Å². The standard InChI is InChI=1S/C13H16N2O3/c1-2-18-13(17)10(14)7-9-8-5-3-4-6-11(8)15-12(9)16/h3-6,9-10H,2,7,14H2,1H3,(H,15,16)/t9?,10-/m0/s1. The van der Waals surface area contributed by atoms with E-state index < -0.39 is 12.0 Å². The number of fused-ring (bicyclic) bond motifs is 1. The highest BCUT2D eigenvalue weighted by Crippen LogP contribution is 2.34. The van der Waals surface area contributed by atoms with Gasteiger partial charge in [0.25, 0.3) is 0 Å². The number of nitrogens with one attached hydrogen (secondary N) is 1. The van der Waals surface area contributed by atoms with Crippen molar-refractivity contribution in [2.75, 3.05) is 11.9 Å². The van der Waals surface area contributed by atoms with E-state index in [0.717, 1.165) is 11.3 Å². The number of nitrogens with two attached hydrogens (primary N) is 1. The van der Waals surface area contributed by atoms with Gasteiger partial charge < -0.3 is 15.8 Å². The van der Waals surface area contributed by atoms with Gasteiger partial charge in [0.1, 0.15) is 6.04 Å². The molecule has 0 aromatic heterocycles. The molecule has 3 N–H and O–H groups in total. The zero-order valence-corrected chi connectivity index (χ0v) is 10.2. The maximum Gasteiger partial charge on any atom is 0.322 e. The van der Waals surface area contributed by atoms with E-state index in [1.807, 2.05) is 24.3 Å². The number of hydrogen-bond acceptors (Lipinski definition) is 4. The molecule has 1 aliphatic rings. The molecule has 0 saturated carbocycles. The van der Waals surface area contributed by atoms with Crippen LogP contribution in [0.15, 0.2) is 24.3 Å². The SMILES string of the molecule is CCOC(=O)[C@@H](N)CC1C(=O)Nc2ccccc21. The number of hydrogen-bond donors (Lipinski definition) is 2. The van der Waals surface area contributed by atoms with Gasteiger partial charge in [-0.2, -0.15) is 0 Å². The van der Waals surface area contributed by atoms with Crippen molar-refractivity contribution in [2.45, 2.75) is 25.3 Å². The van der Waals surface area contributed by atoms with Gasteiger partial charge >= 0.3 is 5.97 Å². The van der Waals surface area contributed by atoms with Crippen LogP contribution in [0.5, 0.6) is 0 Å². The van der Waals surface area contributed by atoms with Crippen molar-refractivity contribution in [2.24, 2.45) is 5.73 Å². The van der Waals surface area contributed by atoms with E-state index in [9.17, 15) is 9.59 Å². The van der Waals surface area contributed by atoms with Crippen molar-refractivity contribution >= 4 is 17.6 Å². The second-order valence-electron chi connectivity index (χ2n) is 4.22. The minimum Gasteiger partial charge on any atom is -0.465 e. The largest absolute Gasteiger partial charge is 0.465 e. The summed E-state index contributed by atoms with van der Waals surface area (Å²) in [5.41, 5.74) is 7.43. The van der Waals surface area contributed by atoms with Crippen molar-refractivity contribution in [1.82, 2.24) is 0 Å². The lowest BCUT2D eigenvalue weighted by Gasteiger charge is -2.14. The molecule has 1 heterocycles. The Hall–Kier alpha value is -1.88. The molecule has 1 aromatic carbocycles. The van der Waals surface area contributed by atoms with Crippen molar-refractivity contribution in [3.63, 3.8) is 0 Å². The predicted octanol–water partition coefficient (Wildman–Crippen LogP) is 1.00. The first-order chi connectivity index (χ1) is 8.63. The molecule has 2 rings (SSSR count). The first kappa shape index (κ1) is 12.6. The maximum atomic E-state index is 11.8. The molecule has 1 aliphatic heterocycles. The minimum atomic E-state index is -0.771. The van der Waals surface area contributed by atoms with E-state index in [0.29, 0.717) is 6.61 Å². The van der Waals surface area contributed by atoms with Gasteiger partial charge in [-0.1, -0.05) is 18.2 Å². The third-order valence-electron chi connectivity index (χ3n) is 2.99. The van der Waals surface area contributed by atoms with Gasteiger partial charge in [0.05, 0.1) is 12.5 Å².